The zero-order valence-electron chi connectivity index (χ0n) is 8.30. The van der Waals surface area contributed by atoms with Crippen molar-refractivity contribution in [2.45, 2.75) is 6.61 Å². The fraction of sp³-hybridized carbons (Fsp3) is 0.500. The molecule has 0 atom stereocenters. The Kier molecular flexibility index (Phi) is 5.93. The number of aryl methyl sites for hydroxylation is 1. The van der Waals surface area contributed by atoms with Crippen LogP contribution in [0.4, 0.5) is 12.9 Å². The fourth-order valence-electron chi connectivity index (χ4n) is 1.08. The van der Waals surface area contributed by atoms with Crippen LogP contribution in [0.25, 0.3) is 0 Å². The molecule has 0 N–H and O–H groups in total. The number of hydrogen-bond acceptors (Lipinski definition) is 2. The van der Waals surface area contributed by atoms with E-state index in [2.05, 4.69) is 9.84 Å². The number of ether oxygens (including phenoxy) is 1. The summed E-state index contributed by atoms with van der Waals surface area (Å²) in [6.45, 7) is -5.10. The Hall–Kier alpha value is 0.661. The maximum atomic E-state index is 12.3. The van der Waals surface area contributed by atoms with E-state index < -0.39 is 12.4 Å². The molecule has 0 saturated carbocycles. The van der Waals surface area contributed by atoms with Gasteiger partial charge in [-0.05, 0) is 6.20 Å². The van der Waals surface area contributed by atoms with Gasteiger partial charge in [-0.25, -0.2) is 0 Å². The number of nitrogens with zero attached hydrogens (tertiary/aromatic N) is 2. The molecule has 0 amide bonds. The topological polar surface area (TPSA) is 27.1 Å². The van der Waals surface area contributed by atoms with Gasteiger partial charge in [0.25, 0.3) is 0 Å². The Bertz CT molecular complexity index is 302. The molecule has 74 valence electrons. The van der Waals surface area contributed by atoms with Crippen molar-refractivity contribution in [1.82, 2.24) is 9.78 Å². The van der Waals surface area contributed by atoms with Crippen LogP contribution >= 0.6 is 0 Å². The minimum Gasteiger partial charge on any atom is -0.445 e. The number of hydrogen-bond donors (Lipinski definition) is 0. The zero-order chi connectivity index (χ0) is 10.1. The Morgan fingerprint density at radius 1 is 1.50 bits per heavy atom. The van der Waals surface area contributed by atoms with Crippen LogP contribution in [-0.4, -0.2) is 23.9 Å². The summed E-state index contributed by atoms with van der Waals surface area (Å²) >= 11 is 0. The van der Waals surface area contributed by atoms with Gasteiger partial charge in [-0.1, -0.05) is 5.46 Å². The summed E-state index contributed by atoms with van der Waals surface area (Å²) in [6.07, 6.45) is 0.967. The van der Waals surface area contributed by atoms with Crippen LogP contribution in [0.2, 0.25) is 0 Å². The summed E-state index contributed by atoms with van der Waals surface area (Å²) in [5, 5.41) is 3.65. The Labute approximate surface area is 122 Å². The molecule has 0 aliphatic rings. The molecule has 0 unspecified atom stereocenters. The van der Waals surface area contributed by atoms with Crippen molar-refractivity contribution in [3.05, 3.63) is 11.9 Å². The van der Waals surface area contributed by atoms with E-state index in [0.29, 0.717) is 0 Å². The van der Waals surface area contributed by atoms with Gasteiger partial charge in [0.15, 0.2) is 0 Å². The molecule has 0 saturated heterocycles. The minimum atomic E-state index is -4.99. The first-order chi connectivity index (χ1) is 5.95. The van der Waals surface area contributed by atoms with E-state index in [0.717, 1.165) is 10.9 Å². The smallest absolute Gasteiger partial charge is 0.445 e. The molecule has 14 heavy (non-hydrogen) atoms. The molecule has 1 aromatic rings. The second-order valence-corrected chi connectivity index (χ2v) is 2.71. The number of aromatic nitrogens is 2. The molecule has 0 radical (unpaired) electrons. The maximum absolute atomic E-state index is 12.3. The van der Waals surface area contributed by atoms with Crippen LogP contribution in [-0.2, 0) is 18.4 Å². The third-order valence-corrected chi connectivity index (χ3v) is 1.57. The third-order valence-electron chi connectivity index (χ3n) is 1.57. The van der Waals surface area contributed by atoms with E-state index in [1.165, 1.54) is 14.2 Å². The van der Waals surface area contributed by atoms with Crippen LogP contribution in [0.3, 0.4) is 0 Å². The second kappa shape index (κ2) is 5.67. The summed E-state index contributed by atoms with van der Waals surface area (Å²) in [4.78, 5) is 0. The van der Waals surface area contributed by atoms with Gasteiger partial charge in [-0.3, -0.25) is 4.68 Å². The molecule has 1 heterocycles. The molecule has 0 aliphatic heterocycles. The van der Waals surface area contributed by atoms with Crippen molar-refractivity contribution < 1.29 is 69.1 Å². The molecule has 0 bridgehead atoms. The van der Waals surface area contributed by atoms with Gasteiger partial charge in [0.1, 0.15) is 0 Å². The number of halogens is 3. The first-order valence-corrected chi connectivity index (χ1v) is 3.66. The first-order valence-electron chi connectivity index (χ1n) is 3.66. The van der Waals surface area contributed by atoms with E-state index in [4.69, 9.17) is 0 Å². The first kappa shape index (κ1) is 14.7. The second-order valence-electron chi connectivity index (χ2n) is 2.71. The fourth-order valence-corrected chi connectivity index (χ4v) is 1.08. The molecule has 1 aromatic heterocycles. The van der Waals surface area contributed by atoms with Gasteiger partial charge in [0.05, 0.1) is 12.3 Å². The molecule has 0 spiro atoms. The van der Waals surface area contributed by atoms with Crippen molar-refractivity contribution in [3.63, 3.8) is 0 Å². The van der Waals surface area contributed by atoms with Crippen molar-refractivity contribution in [3.8, 4) is 0 Å². The minimum absolute atomic E-state index is 0. The van der Waals surface area contributed by atoms with Crippen molar-refractivity contribution in [2.75, 3.05) is 7.11 Å². The van der Waals surface area contributed by atoms with Crippen LogP contribution in [0.15, 0.2) is 6.20 Å². The van der Waals surface area contributed by atoms with Crippen LogP contribution in [0.1, 0.15) is 5.69 Å². The summed E-state index contributed by atoms with van der Waals surface area (Å²) in [6, 6.07) is 0. The van der Waals surface area contributed by atoms with Crippen molar-refractivity contribution in [1.29, 1.82) is 0 Å². The van der Waals surface area contributed by atoms with Gasteiger partial charge < -0.3 is 17.7 Å². The third kappa shape index (κ3) is 3.67. The molecule has 3 nitrogen and oxygen atoms in total. The molecule has 0 fully saturated rings. The predicted octanol–water partition coefficient (Wildman–Crippen LogP) is -2.38. The van der Waals surface area contributed by atoms with E-state index in [1.807, 2.05) is 0 Å². The van der Waals surface area contributed by atoms with Crippen molar-refractivity contribution in [2.24, 2.45) is 7.05 Å². The molecule has 0 aliphatic carbocycles. The van der Waals surface area contributed by atoms with Crippen LogP contribution in [0.5, 0.6) is 0 Å². The van der Waals surface area contributed by atoms with E-state index in [9.17, 15) is 12.9 Å². The SMILES string of the molecule is COCc1nn(C)cc1[B-](F)(F)F.[K+]. The van der Waals surface area contributed by atoms with Gasteiger partial charge in [0, 0.05) is 14.2 Å². The molecule has 1 rings (SSSR count). The van der Waals surface area contributed by atoms with Crippen LogP contribution < -0.4 is 56.8 Å². The Balaban J connectivity index is 0.00000169. The Morgan fingerprint density at radius 3 is 2.50 bits per heavy atom. The van der Waals surface area contributed by atoms with Gasteiger partial charge in [-0.2, -0.15) is 5.10 Å². The normalized spacial score (nSPS) is 11.2. The number of methoxy groups -OCH3 is 1. The quantitative estimate of drug-likeness (QED) is 0.544. The van der Waals surface area contributed by atoms with E-state index in [-0.39, 0.29) is 63.7 Å². The molecule has 8 heteroatoms. The average molecular weight is 232 g/mol. The van der Waals surface area contributed by atoms with Gasteiger partial charge >= 0.3 is 58.4 Å². The maximum Gasteiger partial charge on any atom is 1.00 e. The molecular weight excluding hydrogens is 223 g/mol. The summed E-state index contributed by atoms with van der Waals surface area (Å²) in [5.74, 6) is 0. The van der Waals surface area contributed by atoms with E-state index >= 15 is 0 Å². The average Bonchev–Trinajstić information content (AvgIpc) is 2.30. The molecule has 0 aromatic carbocycles. The Morgan fingerprint density at radius 2 is 2.07 bits per heavy atom. The molecular formula is C6H9BF3KN2O. The van der Waals surface area contributed by atoms with Gasteiger partial charge in [0.2, 0.25) is 0 Å². The standard InChI is InChI=1S/C6H9BF3N2O.K/c1-12-3-5(7(8,9)10)6(11-12)4-13-2;/h3H,4H2,1-2H3;/q-1;+1. The summed E-state index contributed by atoms with van der Waals surface area (Å²) < 4.78 is 42.8. The predicted molar refractivity (Wildman–Crippen MR) is 42.6 cm³/mol. The monoisotopic (exact) mass is 232 g/mol. The van der Waals surface area contributed by atoms with Crippen LogP contribution in [0, 0.1) is 0 Å². The van der Waals surface area contributed by atoms with Crippen molar-refractivity contribution >= 4 is 12.4 Å². The zero-order valence-corrected chi connectivity index (χ0v) is 11.4. The summed E-state index contributed by atoms with van der Waals surface area (Å²) in [7, 11) is 2.78. The van der Waals surface area contributed by atoms with Gasteiger partial charge in [-0.15, -0.1) is 0 Å². The number of rotatable bonds is 3. The van der Waals surface area contributed by atoms with E-state index in [1.54, 1.807) is 0 Å². The summed E-state index contributed by atoms with van der Waals surface area (Å²) in [5.41, 5.74) is -0.734. The largest absolute Gasteiger partial charge is 1.00 e.